The van der Waals surface area contributed by atoms with Crippen LogP contribution in [0.15, 0.2) is 42.5 Å². The molecule has 134 valence electrons. The monoisotopic (exact) mass is 351 g/mol. The number of ether oxygens (including phenoxy) is 1. The van der Waals surface area contributed by atoms with E-state index in [0.29, 0.717) is 16.9 Å². The molecule has 6 heteroatoms. The van der Waals surface area contributed by atoms with Gasteiger partial charge in [0, 0.05) is 17.9 Å². The van der Waals surface area contributed by atoms with E-state index >= 15 is 0 Å². The van der Waals surface area contributed by atoms with Crippen molar-refractivity contribution in [3.8, 4) is 6.07 Å². The minimum atomic E-state index is -0.598. The number of carbonyl (C=O) groups excluding carboxylic acids is 2. The van der Waals surface area contributed by atoms with Gasteiger partial charge in [0.1, 0.15) is 0 Å². The second-order valence-electron chi connectivity index (χ2n) is 6.00. The summed E-state index contributed by atoms with van der Waals surface area (Å²) >= 11 is 0. The lowest BCUT2D eigenvalue weighted by molar-refractivity contribution is -0.121. The van der Waals surface area contributed by atoms with Gasteiger partial charge in [-0.1, -0.05) is 6.07 Å². The predicted octanol–water partition coefficient (Wildman–Crippen LogP) is 2.99. The fourth-order valence-corrected chi connectivity index (χ4v) is 2.57. The van der Waals surface area contributed by atoms with E-state index in [4.69, 9.17) is 15.7 Å². The number of hydrogen-bond donors (Lipinski definition) is 1. The third kappa shape index (κ3) is 5.08. The Hall–Kier alpha value is -3.33. The smallest absolute Gasteiger partial charge is 0.338 e. The Morgan fingerprint density at radius 1 is 1.12 bits per heavy atom. The molecule has 2 rings (SSSR count). The fraction of sp³-hybridized carbons (Fsp3) is 0.250. The molecular weight excluding hydrogens is 330 g/mol. The van der Waals surface area contributed by atoms with E-state index in [1.165, 1.54) is 4.90 Å². The fourth-order valence-electron chi connectivity index (χ4n) is 2.57. The van der Waals surface area contributed by atoms with Gasteiger partial charge in [-0.3, -0.25) is 4.79 Å². The highest BCUT2D eigenvalue weighted by atomic mass is 16.5. The van der Waals surface area contributed by atoms with E-state index in [9.17, 15) is 9.59 Å². The number of carbonyl (C=O) groups is 2. The standard InChI is InChI=1S/C20H21N3O3/c1-14-10-15(2)12-18(11-14)23(9-3-8-21)19(24)13-26-20(25)16-4-6-17(22)7-5-16/h4-7,10-12H,3,9,13,22H2,1-2H3. The van der Waals surface area contributed by atoms with Gasteiger partial charge in [0.15, 0.2) is 6.61 Å². The normalized spacial score (nSPS) is 10.0. The zero-order valence-corrected chi connectivity index (χ0v) is 14.9. The Balaban J connectivity index is 2.10. The highest BCUT2D eigenvalue weighted by molar-refractivity contribution is 5.97. The number of benzene rings is 2. The molecule has 0 radical (unpaired) electrons. The SMILES string of the molecule is Cc1cc(C)cc(N(CCC#N)C(=O)COC(=O)c2ccc(N)cc2)c1. The second-order valence-corrected chi connectivity index (χ2v) is 6.00. The summed E-state index contributed by atoms with van der Waals surface area (Å²) in [5.41, 5.74) is 9.15. The third-order valence-corrected chi connectivity index (χ3v) is 3.74. The summed E-state index contributed by atoms with van der Waals surface area (Å²) in [5, 5.41) is 8.86. The van der Waals surface area contributed by atoms with Gasteiger partial charge < -0.3 is 15.4 Å². The highest BCUT2D eigenvalue weighted by Gasteiger charge is 2.18. The number of esters is 1. The van der Waals surface area contributed by atoms with Gasteiger partial charge in [0.25, 0.3) is 5.91 Å². The molecule has 0 unspecified atom stereocenters. The summed E-state index contributed by atoms with van der Waals surface area (Å²) in [5.74, 6) is -0.979. The molecule has 0 aliphatic heterocycles. The van der Waals surface area contributed by atoms with Crippen LogP contribution in [0.4, 0.5) is 11.4 Å². The molecule has 0 saturated heterocycles. The first-order valence-electron chi connectivity index (χ1n) is 8.19. The van der Waals surface area contributed by atoms with Crippen LogP contribution in [0.25, 0.3) is 0 Å². The molecule has 0 aliphatic carbocycles. The summed E-state index contributed by atoms with van der Waals surface area (Å²) in [7, 11) is 0. The maximum atomic E-state index is 12.6. The van der Waals surface area contributed by atoms with Crippen molar-refractivity contribution in [3.63, 3.8) is 0 Å². The highest BCUT2D eigenvalue weighted by Crippen LogP contribution is 2.19. The van der Waals surface area contributed by atoms with Crippen LogP contribution in [0.5, 0.6) is 0 Å². The second kappa shape index (κ2) is 8.67. The van der Waals surface area contributed by atoms with Crippen molar-refractivity contribution in [1.82, 2.24) is 0 Å². The maximum Gasteiger partial charge on any atom is 0.338 e. The van der Waals surface area contributed by atoms with Crippen molar-refractivity contribution in [2.75, 3.05) is 23.8 Å². The van der Waals surface area contributed by atoms with Crippen molar-refractivity contribution >= 4 is 23.3 Å². The predicted molar refractivity (Wildman–Crippen MR) is 99.6 cm³/mol. The quantitative estimate of drug-likeness (QED) is 0.637. The molecule has 0 aromatic heterocycles. The van der Waals surface area contributed by atoms with Crippen LogP contribution in [-0.2, 0) is 9.53 Å². The van der Waals surface area contributed by atoms with Gasteiger partial charge in [-0.05, 0) is 61.4 Å². The molecule has 0 heterocycles. The van der Waals surface area contributed by atoms with E-state index in [1.54, 1.807) is 24.3 Å². The number of nitrogen functional groups attached to an aromatic ring is 1. The molecule has 6 nitrogen and oxygen atoms in total. The molecule has 0 saturated carbocycles. The third-order valence-electron chi connectivity index (χ3n) is 3.74. The first kappa shape index (κ1) is 19.0. The Kier molecular flexibility index (Phi) is 6.34. The molecule has 1 amide bonds. The van der Waals surface area contributed by atoms with Crippen molar-refractivity contribution in [3.05, 3.63) is 59.2 Å². The number of nitrogens with zero attached hydrogens (tertiary/aromatic N) is 2. The number of nitrogens with two attached hydrogens (primary N) is 1. The summed E-state index contributed by atoms with van der Waals surface area (Å²) in [6.45, 7) is 3.70. The van der Waals surface area contributed by atoms with Crippen LogP contribution >= 0.6 is 0 Å². The van der Waals surface area contributed by atoms with Gasteiger partial charge in [-0.15, -0.1) is 0 Å². The number of aryl methyl sites for hydroxylation is 2. The Bertz CT molecular complexity index is 818. The van der Waals surface area contributed by atoms with Crippen LogP contribution in [0.3, 0.4) is 0 Å². The van der Waals surface area contributed by atoms with Crippen LogP contribution in [0.1, 0.15) is 27.9 Å². The van der Waals surface area contributed by atoms with Crippen LogP contribution in [0.2, 0.25) is 0 Å². The van der Waals surface area contributed by atoms with E-state index in [0.717, 1.165) is 11.1 Å². The minimum absolute atomic E-state index is 0.185. The van der Waals surface area contributed by atoms with Gasteiger partial charge >= 0.3 is 5.97 Å². The number of amides is 1. The van der Waals surface area contributed by atoms with Crippen molar-refractivity contribution in [1.29, 1.82) is 5.26 Å². The lowest BCUT2D eigenvalue weighted by atomic mass is 10.1. The molecule has 2 aromatic rings. The van der Waals surface area contributed by atoms with Crippen molar-refractivity contribution < 1.29 is 14.3 Å². The molecular formula is C20H21N3O3. The van der Waals surface area contributed by atoms with Crippen LogP contribution < -0.4 is 10.6 Å². The first-order chi connectivity index (χ1) is 12.4. The average Bonchev–Trinajstić information content (AvgIpc) is 2.59. The molecule has 0 aliphatic rings. The summed E-state index contributed by atoms with van der Waals surface area (Å²) in [6, 6.07) is 14.0. The molecule has 26 heavy (non-hydrogen) atoms. The van der Waals surface area contributed by atoms with E-state index in [-0.39, 0.29) is 18.9 Å². The molecule has 2 aromatic carbocycles. The summed E-state index contributed by atoms with van der Waals surface area (Å²) < 4.78 is 5.12. The van der Waals surface area contributed by atoms with Crippen LogP contribution in [0, 0.1) is 25.2 Å². The molecule has 0 atom stereocenters. The Morgan fingerprint density at radius 2 is 1.73 bits per heavy atom. The summed E-state index contributed by atoms with van der Waals surface area (Å²) in [6.07, 6.45) is 0.185. The Morgan fingerprint density at radius 3 is 2.31 bits per heavy atom. The molecule has 2 N–H and O–H groups in total. The topological polar surface area (TPSA) is 96.4 Å². The maximum absolute atomic E-state index is 12.6. The van der Waals surface area contributed by atoms with Crippen LogP contribution in [-0.4, -0.2) is 25.0 Å². The van der Waals surface area contributed by atoms with Gasteiger partial charge in [-0.25, -0.2) is 4.79 Å². The Labute approximate surface area is 152 Å². The van der Waals surface area contributed by atoms with Gasteiger partial charge in [0.2, 0.25) is 0 Å². The van der Waals surface area contributed by atoms with E-state index < -0.39 is 12.6 Å². The zero-order valence-electron chi connectivity index (χ0n) is 14.9. The van der Waals surface area contributed by atoms with Crippen molar-refractivity contribution in [2.45, 2.75) is 20.3 Å². The average molecular weight is 351 g/mol. The van der Waals surface area contributed by atoms with E-state index in [1.807, 2.05) is 38.1 Å². The lowest BCUT2D eigenvalue weighted by Crippen LogP contribution is -2.35. The van der Waals surface area contributed by atoms with Gasteiger partial charge in [-0.2, -0.15) is 5.26 Å². The number of hydrogen-bond acceptors (Lipinski definition) is 5. The number of anilines is 2. The summed E-state index contributed by atoms with van der Waals surface area (Å²) in [4.78, 5) is 26.1. The number of rotatable bonds is 6. The zero-order chi connectivity index (χ0) is 19.1. The van der Waals surface area contributed by atoms with Crippen molar-refractivity contribution in [2.24, 2.45) is 0 Å². The largest absolute Gasteiger partial charge is 0.452 e. The minimum Gasteiger partial charge on any atom is -0.452 e. The lowest BCUT2D eigenvalue weighted by Gasteiger charge is -2.22. The van der Waals surface area contributed by atoms with E-state index in [2.05, 4.69) is 0 Å². The number of nitriles is 1. The first-order valence-corrected chi connectivity index (χ1v) is 8.19. The molecule has 0 bridgehead atoms. The van der Waals surface area contributed by atoms with Gasteiger partial charge in [0.05, 0.1) is 18.1 Å². The molecule has 0 spiro atoms. The molecule has 0 fully saturated rings.